The summed E-state index contributed by atoms with van der Waals surface area (Å²) in [5.41, 5.74) is 6.23. The van der Waals surface area contributed by atoms with E-state index in [9.17, 15) is 18.5 Å². The highest BCUT2D eigenvalue weighted by atomic mass is 35.5. The van der Waals surface area contributed by atoms with E-state index in [4.69, 9.17) is 28.9 Å². The third kappa shape index (κ3) is 5.38. The van der Waals surface area contributed by atoms with Gasteiger partial charge in [-0.2, -0.15) is 9.98 Å². The van der Waals surface area contributed by atoms with Gasteiger partial charge >= 0.3 is 0 Å². The molecule has 0 radical (unpaired) electrons. The number of likely N-dealkylation sites (tertiary alicyclic amines) is 1. The number of carbonyl (C=O) groups is 1. The molecule has 2 aromatic rings. The average Bonchev–Trinajstić information content (AvgIpc) is 3.22. The van der Waals surface area contributed by atoms with Crippen LogP contribution in [0.15, 0.2) is 35.4 Å². The minimum absolute atomic E-state index is 0.0106. The predicted molar refractivity (Wildman–Crippen MR) is 124 cm³/mol. The highest BCUT2D eigenvalue weighted by Crippen LogP contribution is 2.31. The van der Waals surface area contributed by atoms with Crippen molar-refractivity contribution in [2.24, 2.45) is 0 Å². The fraction of sp³-hybridized carbons (Fsp3) is 0.429. The number of hydrogen-bond donors (Lipinski definition) is 2. The first-order valence-corrected chi connectivity index (χ1v) is 12.5. The zero-order valence-corrected chi connectivity index (χ0v) is 19.9. The number of rotatable bonds is 7. The summed E-state index contributed by atoms with van der Waals surface area (Å²) in [6.45, 7) is 2.83. The van der Waals surface area contributed by atoms with Crippen LogP contribution < -0.4 is 10.5 Å². The number of nitrogen functional groups attached to an aromatic ring is 1. The van der Waals surface area contributed by atoms with Crippen LogP contribution in [-0.2, 0) is 21.4 Å². The van der Waals surface area contributed by atoms with Crippen molar-refractivity contribution in [3.05, 3.63) is 46.2 Å². The van der Waals surface area contributed by atoms with E-state index in [2.05, 4.69) is 10.8 Å². The third-order valence-corrected chi connectivity index (χ3v) is 7.72. The number of nitriles is 1. The molecule has 1 aromatic carbocycles. The molecule has 2 atom stereocenters. The van der Waals surface area contributed by atoms with Gasteiger partial charge in [0.1, 0.15) is 17.8 Å². The Morgan fingerprint density at radius 3 is 2.66 bits per heavy atom. The Labute approximate surface area is 197 Å². The molecule has 0 spiro atoms. The zero-order valence-electron chi connectivity index (χ0n) is 17.6. The van der Waals surface area contributed by atoms with Gasteiger partial charge in [-0.1, -0.05) is 23.2 Å². The summed E-state index contributed by atoms with van der Waals surface area (Å²) in [5.74, 6) is -0.293. The number of sulfonamides is 1. The van der Waals surface area contributed by atoms with E-state index in [1.165, 1.54) is 12.1 Å². The first kappa shape index (κ1) is 24.4. The van der Waals surface area contributed by atoms with Crippen molar-refractivity contribution in [2.75, 3.05) is 12.3 Å². The Morgan fingerprint density at radius 2 is 2.03 bits per heavy atom. The van der Waals surface area contributed by atoms with Crippen LogP contribution in [-0.4, -0.2) is 42.4 Å². The molecule has 32 heavy (non-hydrogen) atoms. The van der Waals surface area contributed by atoms with Crippen LogP contribution in [0.5, 0.6) is 0 Å². The minimum Gasteiger partial charge on any atom is -0.396 e. The first-order valence-electron chi connectivity index (χ1n) is 10.3. The van der Waals surface area contributed by atoms with E-state index in [0.717, 1.165) is 19.3 Å². The lowest BCUT2D eigenvalue weighted by atomic mass is 10.0. The smallest absolute Gasteiger partial charge is 0.241 e. The maximum atomic E-state index is 13.4. The molecule has 0 aliphatic carbocycles. The maximum Gasteiger partial charge on any atom is 0.241 e. The van der Waals surface area contributed by atoms with Gasteiger partial charge in [-0.3, -0.25) is 4.79 Å². The molecular formula is C21H25Cl2N5O3S. The molecule has 2 heterocycles. The van der Waals surface area contributed by atoms with E-state index < -0.39 is 16.1 Å². The second-order valence-corrected chi connectivity index (χ2v) is 10.4. The van der Waals surface area contributed by atoms with Crippen LogP contribution in [0.25, 0.3) is 0 Å². The number of hydrogen-bond acceptors (Lipinski definition) is 5. The third-order valence-electron chi connectivity index (χ3n) is 5.65. The SMILES string of the molecule is CC1CCCCN1C(=O)C(CCn1cccc1C#N)NS(=O)(=O)c1cc(Cl)c(N)c(Cl)c1. The van der Waals surface area contributed by atoms with Gasteiger partial charge in [0.15, 0.2) is 0 Å². The lowest BCUT2D eigenvalue weighted by Gasteiger charge is -2.36. The number of nitrogens with two attached hydrogens (primary N) is 1. The zero-order chi connectivity index (χ0) is 23.5. The maximum absolute atomic E-state index is 13.4. The Bertz CT molecular complexity index is 1120. The Morgan fingerprint density at radius 1 is 1.34 bits per heavy atom. The lowest BCUT2D eigenvalue weighted by molar-refractivity contribution is -0.136. The van der Waals surface area contributed by atoms with Gasteiger partial charge in [0.2, 0.25) is 15.9 Å². The molecule has 0 bridgehead atoms. The quantitative estimate of drug-likeness (QED) is 0.567. The number of carbonyl (C=O) groups excluding carboxylic acids is 1. The minimum atomic E-state index is -4.13. The predicted octanol–water partition coefficient (Wildman–Crippen LogP) is 3.39. The number of benzene rings is 1. The van der Waals surface area contributed by atoms with Crippen LogP contribution in [0.4, 0.5) is 5.69 Å². The molecule has 11 heteroatoms. The number of halogens is 2. The summed E-state index contributed by atoms with van der Waals surface area (Å²) < 4.78 is 30.4. The first-order chi connectivity index (χ1) is 15.1. The van der Waals surface area contributed by atoms with Gasteiger partial charge in [0.05, 0.1) is 20.6 Å². The molecule has 0 saturated carbocycles. The Balaban J connectivity index is 1.88. The molecule has 1 aromatic heterocycles. The van der Waals surface area contributed by atoms with Gasteiger partial charge in [-0.15, -0.1) is 0 Å². The van der Waals surface area contributed by atoms with Crippen molar-refractivity contribution in [2.45, 2.75) is 56.1 Å². The summed E-state index contributed by atoms with van der Waals surface area (Å²) in [5, 5.41) is 9.26. The highest BCUT2D eigenvalue weighted by molar-refractivity contribution is 7.89. The van der Waals surface area contributed by atoms with Crippen molar-refractivity contribution in [3.63, 3.8) is 0 Å². The number of piperidine rings is 1. The molecule has 8 nitrogen and oxygen atoms in total. The van der Waals surface area contributed by atoms with Gasteiger partial charge < -0.3 is 15.2 Å². The number of nitrogens with zero attached hydrogens (tertiary/aromatic N) is 3. The highest BCUT2D eigenvalue weighted by Gasteiger charge is 2.33. The topological polar surface area (TPSA) is 121 Å². The fourth-order valence-corrected chi connectivity index (χ4v) is 5.70. The van der Waals surface area contributed by atoms with Crippen molar-refractivity contribution in [1.82, 2.24) is 14.2 Å². The van der Waals surface area contributed by atoms with Crippen LogP contribution in [0.2, 0.25) is 10.0 Å². The van der Waals surface area contributed by atoms with Gasteiger partial charge in [0, 0.05) is 25.3 Å². The number of nitrogens with one attached hydrogen (secondary N) is 1. The van der Waals surface area contributed by atoms with Crippen LogP contribution in [0.3, 0.4) is 0 Å². The number of anilines is 1. The summed E-state index contributed by atoms with van der Waals surface area (Å²) >= 11 is 12.0. The van der Waals surface area contributed by atoms with E-state index in [-0.39, 0.29) is 39.0 Å². The Hall–Kier alpha value is -2.25. The molecule has 1 aliphatic heterocycles. The van der Waals surface area contributed by atoms with Crippen LogP contribution in [0.1, 0.15) is 38.3 Å². The summed E-state index contributed by atoms with van der Waals surface area (Å²) in [6.07, 6.45) is 4.65. The van der Waals surface area contributed by atoms with Crippen molar-refractivity contribution >= 4 is 44.8 Å². The van der Waals surface area contributed by atoms with E-state index in [1.807, 2.05) is 6.92 Å². The summed E-state index contributed by atoms with van der Waals surface area (Å²) in [6, 6.07) is 6.87. The second kappa shape index (κ2) is 10.1. The molecule has 3 rings (SSSR count). The van der Waals surface area contributed by atoms with Gasteiger partial charge in [0.25, 0.3) is 0 Å². The van der Waals surface area contributed by atoms with Crippen LogP contribution in [0, 0.1) is 11.3 Å². The molecule has 1 amide bonds. The number of aryl methyl sites for hydroxylation is 1. The number of amides is 1. The van der Waals surface area contributed by atoms with Crippen LogP contribution >= 0.6 is 23.2 Å². The van der Waals surface area contributed by atoms with Crippen molar-refractivity contribution < 1.29 is 13.2 Å². The molecule has 1 fully saturated rings. The molecule has 1 aliphatic rings. The second-order valence-electron chi connectivity index (χ2n) is 7.84. The standard InChI is InChI=1S/C21H25Cl2N5O3S/c1-14-5-2-3-9-28(14)21(29)19(7-10-27-8-4-6-15(27)13-24)26-32(30,31)16-11-17(22)20(25)18(23)12-16/h4,6,8,11-12,14,19,26H,2-3,5,7,9-10,25H2,1H3. The summed E-state index contributed by atoms with van der Waals surface area (Å²) in [7, 11) is -4.13. The number of aromatic nitrogens is 1. The largest absolute Gasteiger partial charge is 0.396 e. The molecular weight excluding hydrogens is 473 g/mol. The lowest BCUT2D eigenvalue weighted by Crippen LogP contribution is -2.52. The normalized spacial score (nSPS) is 17.7. The van der Waals surface area contributed by atoms with E-state index >= 15 is 0 Å². The Kier molecular flexibility index (Phi) is 7.72. The van der Waals surface area contributed by atoms with Crippen molar-refractivity contribution in [3.8, 4) is 6.07 Å². The van der Waals surface area contributed by atoms with E-state index in [0.29, 0.717) is 18.8 Å². The fourth-order valence-electron chi connectivity index (χ4n) is 3.81. The molecule has 172 valence electrons. The van der Waals surface area contributed by atoms with Crippen molar-refractivity contribution in [1.29, 1.82) is 5.26 Å². The molecule has 1 saturated heterocycles. The molecule has 2 unspecified atom stereocenters. The van der Waals surface area contributed by atoms with E-state index in [1.54, 1.807) is 27.8 Å². The monoisotopic (exact) mass is 497 g/mol. The van der Waals surface area contributed by atoms with Gasteiger partial charge in [-0.05, 0) is 56.9 Å². The summed E-state index contributed by atoms with van der Waals surface area (Å²) in [4.78, 5) is 14.9. The average molecular weight is 498 g/mol. The van der Waals surface area contributed by atoms with Gasteiger partial charge in [-0.25, -0.2) is 8.42 Å². The molecule has 3 N–H and O–H groups in total.